The van der Waals surface area contributed by atoms with Gasteiger partial charge >= 0.3 is 0 Å². The fraction of sp³-hybridized carbons (Fsp3) is 0.625. The Morgan fingerprint density at radius 2 is 1.95 bits per heavy atom. The Kier molecular flexibility index (Phi) is 4.70. The van der Waals surface area contributed by atoms with Gasteiger partial charge in [-0.2, -0.15) is 0 Å². The van der Waals surface area contributed by atoms with Crippen molar-refractivity contribution >= 4 is 0 Å². The molecule has 1 aromatic carbocycles. The number of rotatable bonds is 5. The highest BCUT2D eigenvalue weighted by Crippen LogP contribution is 2.40. The highest BCUT2D eigenvalue weighted by molar-refractivity contribution is 5.43. The summed E-state index contributed by atoms with van der Waals surface area (Å²) in [6, 6.07) is 6.13. The molecule has 3 heteroatoms. The lowest BCUT2D eigenvalue weighted by Gasteiger charge is -2.21. The van der Waals surface area contributed by atoms with Gasteiger partial charge in [0, 0.05) is 6.04 Å². The van der Waals surface area contributed by atoms with Crippen LogP contribution in [0, 0.1) is 11.8 Å². The number of benzene rings is 1. The molecule has 2 N–H and O–H groups in total. The molecule has 1 aliphatic carbocycles. The van der Waals surface area contributed by atoms with Crippen molar-refractivity contribution in [1.29, 1.82) is 0 Å². The zero-order valence-electron chi connectivity index (χ0n) is 12.2. The van der Waals surface area contributed by atoms with E-state index < -0.39 is 0 Å². The van der Waals surface area contributed by atoms with Crippen molar-refractivity contribution in [3.63, 3.8) is 0 Å². The Labute approximate surface area is 116 Å². The van der Waals surface area contributed by atoms with Gasteiger partial charge in [0.25, 0.3) is 0 Å². The predicted octanol–water partition coefficient (Wildman–Crippen LogP) is 3.53. The summed E-state index contributed by atoms with van der Waals surface area (Å²) >= 11 is 0. The van der Waals surface area contributed by atoms with Gasteiger partial charge in [-0.25, -0.2) is 0 Å². The van der Waals surface area contributed by atoms with Crippen molar-refractivity contribution in [2.24, 2.45) is 17.6 Å². The van der Waals surface area contributed by atoms with Gasteiger partial charge in [0.2, 0.25) is 0 Å². The average molecular weight is 263 g/mol. The number of ether oxygens (including phenoxy) is 2. The van der Waals surface area contributed by atoms with E-state index in [2.05, 4.69) is 13.0 Å². The summed E-state index contributed by atoms with van der Waals surface area (Å²) in [4.78, 5) is 0. The molecular formula is C16H25NO2. The van der Waals surface area contributed by atoms with Crippen molar-refractivity contribution in [2.45, 2.75) is 38.6 Å². The minimum Gasteiger partial charge on any atom is -0.493 e. The summed E-state index contributed by atoms with van der Waals surface area (Å²) in [7, 11) is 3.32. The number of hydrogen-bond donors (Lipinski definition) is 1. The first-order valence-corrected chi connectivity index (χ1v) is 7.17. The van der Waals surface area contributed by atoms with Gasteiger partial charge in [-0.05, 0) is 42.4 Å². The zero-order valence-corrected chi connectivity index (χ0v) is 12.2. The molecule has 2 rings (SSSR count). The molecule has 0 heterocycles. The summed E-state index contributed by atoms with van der Waals surface area (Å²) in [5, 5.41) is 0. The first kappa shape index (κ1) is 14.2. The van der Waals surface area contributed by atoms with Gasteiger partial charge in [0.05, 0.1) is 14.2 Å². The second-order valence-corrected chi connectivity index (χ2v) is 5.49. The standard InChI is InChI=1S/C16H25NO2/c1-4-11-5-6-12(9-11)16(17)13-7-8-14(18-2)15(10-13)19-3/h7-8,10-12,16H,4-6,9,17H2,1-3H3. The molecule has 0 spiro atoms. The van der Waals surface area contributed by atoms with E-state index in [1.54, 1.807) is 14.2 Å². The lowest BCUT2D eigenvalue weighted by Crippen LogP contribution is -2.19. The van der Waals surface area contributed by atoms with Crippen LogP contribution in [0.4, 0.5) is 0 Å². The minimum atomic E-state index is 0.108. The predicted molar refractivity (Wildman–Crippen MR) is 77.6 cm³/mol. The molecule has 106 valence electrons. The van der Waals surface area contributed by atoms with Crippen molar-refractivity contribution in [2.75, 3.05) is 14.2 Å². The molecule has 1 saturated carbocycles. The van der Waals surface area contributed by atoms with E-state index in [1.807, 2.05) is 12.1 Å². The van der Waals surface area contributed by atoms with Crippen LogP contribution >= 0.6 is 0 Å². The smallest absolute Gasteiger partial charge is 0.161 e. The fourth-order valence-corrected chi connectivity index (χ4v) is 3.14. The topological polar surface area (TPSA) is 44.5 Å². The molecule has 0 aromatic heterocycles. The van der Waals surface area contributed by atoms with Crippen LogP contribution in [-0.4, -0.2) is 14.2 Å². The van der Waals surface area contributed by atoms with Crippen LogP contribution in [0.2, 0.25) is 0 Å². The van der Waals surface area contributed by atoms with Crippen molar-refractivity contribution in [3.8, 4) is 11.5 Å². The average Bonchev–Trinajstić information content (AvgIpc) is 2.94. The van der Waals surface area contributed by atoms with Gasteiger partial charge in [-0.3, -0.25) is 0 Å². The van der Waals surface area contributed by atoms with Gasteiger partial charge in [0.15, 0.2) is 11.5 Å². The molecule has 19 heavy (non-hydrogen) atoms. The molecule has 0 bridgehead atoms. The zero-order chi connectivity index (χ0) is 13.8. The van der Waals surface area contributed by atoms with Crippen molar-refractivity contribution in [3.05, 3.63) is 23.8 Å². The number of nitrogens with two attached hydrogens (primary N) is 1. The van der Waals surface area contributed by atoms with Gasteiger partial charge < -0.3 is 15.2 Å². The van der Waals surface area contributed by atoms with Crippen LogP contribution in [0.1, 0.15) is 44.2 Å². The van der Waals surface area contributed by atoms with Crippen LogP contribution in [0.5, 0.6) is 11.5 Å². The molecule has 3 atom stereocenters. The van der Waals surface area contributed by atoms with Crippen LogP contribution in [0.15, 0.2) is 18.2 Å². The Hall–Kier alpha value is -1.22. The van der Waals surface area contributed by atoms with E-state index in [1.165, 1.54) is 25.7 Å². The Bertz CT molecular complexity index is 419. The summed E-state index contributed by atoms with van der Waals surface area (Å²) in [6.45, 7) is 2.27. The SMILES string of the molecule is CCC1CCC(C(N)c2ccc(OC)c(OC)c2)C1. The second kappa shape index (κ2) is 6.29. The summed E-state index contributed by atoms with van der Waals surface area (Å²) in [6.07, 6.45) is 5.09. The van der Waals surface area contributed by atoms with Gasteiger partial charge in [-0.15, -0.1) is 0 Å². The maximum atomic E-state index is 6.44. The first-order valence-electron chi connectivity index (χ1n) is 7.17. The molecule has 3 nitrogen and oxygen atoms in total. The van der Waals surface area contributed by atoms with E-state index in [0.29, 0.717) is 5.92 Å². The highest BCUT2D eigenvalue weighted by Gasteiger charge is 2.29. The van der Waals surface area contributed by atoms with E-state index in [0.717, 1.165) is 23.0 Å². The summed E-state index contributed by atoms with van der Waals surface area (Å²) in [5.41, 5.74) is 7.59. The van der Waals surface area contributed by atoms with Crippen LogP contribution in [0.3, 0.4) is 0 Å². The molecule has 0 amide bonds. The third-order valence-electron chi connectivity index (χ3n) is 4.46. The molecule has 1 aliphatic rings. The Morgan fingerprint density at radius 1 is 1.21 bits per heavy atom. The van der Waals surface area contributed by atoms with E-state index in [-0.39, 0.29) is 6.04 Å². The Balaban J connectivity index is 2.13. The molecule has 1 fully saturated rings. The lowest BCUT2D eigenvalue weighted by molar-refractivity contribution is 0.352. The first-order chi connectivity index (χ1) is 9.19. The maximum absolute atomic E-state index is 6.44. The minimum absolute atomic E-state index is 0.108. The van der Waals surface area contributed by atoms with Crippen LogP contribution in [-0.2, 0) is 0 Å². The lowest BCUT2D eigenvalue weighted by atomic mass is 9.91. The van der Waals surface area contributed by atoms with Crippen molar-refractivity contribution < 1.29 is 9.47 Å². The van der Waals surface area contributed by atoms with Gasteiger partial charge in [0.1, 0.15) is 0 Å². The quantitative estimate of drug-likeness (QED) is 0.884. The summed E-state index contributed by atoms with van der Waals surface area (Å²) < 4.78 is 10.6. The third-order valence-corrected chi connectivity index (χ3v) is 4.46. The largest absolute Gasteiger partial charge is 0.493 e. The van der Waals surface area contributed by atoms with Crippen LogP contribution < -0.4 is 15.2 Å². The number of hydrogen-bond acceptors (Lipinski definition) is 3. The number of methoxy groups -OCH3 is 2. The molecular weight excluding hydrogens is 238 g/mol. The second-order valence-electron chi connectivity index (χ2n) is 5.49. The van der Waals surface area contributed by atoms with E-state index in [4.69, 9.17) is 15.2 Å². The molecule has 0 aliphatic heterocycles. The molecule has 1 aromatic rings. The third kappa shape index (κ3) is 3.03. The summed E-state index contributed by atoms with van der Waals surface area (Å²) in [5.74, 6) is 2.98. The molecule has 0 saturated heterocycles. The highest BCUT2D eigenvalue weighted by atomic mass is 16.5. The monoisotopic (exact) mass is 263 g/mol. The Morgan fingerprint density at radius 3 is 2.53 bits per heavy atom. The van der Waals surface area contributed by atoms with E-state index >= 15 is 0 Å². The molecule has 0 radical (unpaired) electrons. The van der Waals surface area contributed by atoms with Crippen molar-refractivity contribution in [1.82, 2.24) is 0 Å². The van der Waals surface area contributed by atoms with Gasteiger partial charge in [-0.1, -0.05) is 25.8 Å². The maximum Gasteiger partial charge on any atom is 0.161 e. The molecule has 3 unspecified atom stereocenters. The normalized spacial score (nSPS) is 24.2. The van der Waals surface area contributed by atoms with Crippen LogP contribution in [0.25, 0.3) is 0 Å². The fourth-order valence-electron chi connectivity index (χ4n) is 3.14. The van der Waals surface area contributed by atoms with E-state index in [9.17, 15) is 0 Å².